The smallest absolute Gasteiger partial charge is 0.407 e. The Labute approximate surface area is 357 Å². The Balaban J connectivity index is 0.000000408. The molecule has 3 amide bonds. The van der Waals surface area contributed by atoms with E-state index in [0.29, 0.717) is 24.0 Å². The third kappa shape index (κ3) is 21.6. The number of aromatic nitrogens is 1. The Hall–Kier alpha value is -4.04. The van der Waals surface area contributed by atoms with Crippen LogP contribution in [0, 0.1) is 5.92 Å². The summed E-state index contributed by atoms with van der Waals surface area (Å²) in [5.74, 6) is 0.653. The summed E-state index contributed by atoms with van der Waals surface area (Å²) >= 11 is 3.53. The van der Waals surface area contributed by atoms with Crippen LogP contribution in [0.3, 0.4) is 0 Å². The van der Waals surface area contributed by atoms with Crippen molar-refractivity contribution < 1.29 is 24.2 Å². The number of ether oxygens (including phenoxy) is 1. The maximum atomic E-state index is 12.6. The van der Waals surface area contributed by atoms with E-state index in [1.54, 1.807) is 34.9 Å². The summed E-state index contributed by atoms with van der Waals surface area (Å²) in [6.45, 7) is 15.1. The number of allylic oxidation sites excluding steroid dienone is 5. The molecule has 1 aromatic heterocycles. The molecule has 11 nitrogen and oxygen atoms in total. The van der Waals surface area contributed by atoms with Crippen LogP contribution < -0.4 is 10.6 Å². The number of thioether (sulfide) groups is 1. The summed E-state index contributed by atoms with van der Waals surface area (Å²) in [6, 6.07) is 9.48. The third-order valence-electron chi connectivity index (χ3n) is 9.30. The van der Waals surface area contributed by atoms with Crippen LogP contribution in [0.2, 0.25) is 0 Å². The van der Waals surface area contributed by atoms with Gasteiger partial charge in [-0.25, -0.2) is 9.78 Å². The van der Waals surface area contributed by atoms with Gasteiger partial charge in [0.25, 0.3) is 0 Å². The summed E-state index contributed by atoms with van der Waals surface area (Å²) in [4.78, 5) is 46.8. The fraction of sp³-hybridized carbons (Fsp3) is 0.533. The van der Waals surface area contributed by atoms with Gasteiger partial charge < -0.3 is 30.3 Å². The lowest BCUT2D eigenvalue weighted by Crippen LogP contribution is -2.51. The lowest BCUT2D eigenvalue weighted by molar-refractivity contribution is -0.136. The first-order valence-corrected chi connectivity index (χ1v) is 22.0. The zero-order valence-electron chi connectivity index (χ0n) is 36.6. The van der Waals surface area contributed by atoms with E-state index >= 15 is 0 Å². The first-order chi connectivity index (χ1) is 27.7. The second kappa shape index (κ2) is 30.1. The second-order valence-corrected chi connectivity index (χ2v) is 17.0. The van der Waals surface area contributed by atoms with Gasteiger partial charge in [0, 0.05) is 42.4 Å². The van der Waals surface area contributed by atoms with Gasteiger partial charge in [0.05, 0.1) is 35.5 Å². The monoisotopic (exact) mass is 838 g/mol. The van der Waals surface area contributed by atoms with Crippen molar-refractivity contribution in [1.29, 1.82) is 0 Å². The van der Waals surface area contributed by atoms with E-state index in [9.17, 15) is 19.5 Å². The summed E-state index contributed by atoms with van der Waals surface area (Å²) in [7, 11) is 7.27. The molecule has 2 aliphatic rings. The van der Waals surface area contributed by atoms with Gasteiger partial charge in [-0.15, -0.1) is 23.1 Å². The van der Waals surface area contributed by atoms with Crippen molar-refractivity contribution in [2.45, 2.75) is 123 Å². The lowest BCUT2D eigenvalue weighted by atomic mass is 9.99. The Kier molecular flexibility index (Phi) is 26.9. The molecule has 0 spiro atoms. The summed E-state index contributed by atoms with van der Waals surface area (Å²) in [5, 5.41) is 18.9. The molecule has 1 aliphatic carbocycles. The number of hydrogen-bond acceptors (Lipinski definition) is 10. The zero-order valence-corrected chi connectivity index (χ0v) is 38.3. The predicted octanol–water partition coefficient (Wildman–Crippen LogP) is 8.54. The fourth-order valence-electron chi connectivity index (χ4n) is 5.53. The molecular formula is C45H70N6O5S2. The first kappa shape index (κ1) is 52.0. The van der Waals surface area contributed by atoms with Crippen LogP contribution in [-0.2, 0) is 27.3 Å². The number of amides is 3. The molecule has 6 atom stereocenters. The predicted molar refractivity (Wildman–Crippen MR) is 244 cm³/mol. The average molecular weight is 839 g/mol. The van der Waals surface area contributed by atoms with Crippen molar-refractivity contribution >= 4 is 47.1 Å². The number of nitrogens with zero attached hydrogens (tertiary/aromatic N) is 4. The summed E-state index contributed by atoms with van der Waals surface area (Å²) in [5.41, 5.74) is 5.35. The summed E-state index contributed by atoms with van der Waals surface area (Å²) in [6.07, 6.45) is 17.8. The minimum Gasteiger partial charge on any atom is -0.453 e. The number of benzene rings is 1. The molecule has 3 unspecified atom stereocenters. The number of aliphatic hydroxyl groups is 1. The molecule has 1 aliphatic heterocycles. The Morgan fingerprint density at radius 1 is 1.05 bits per heavy atom. The van der Waals surface area contributed by atoms with E-state index < -0.39 is 18.2 Å². The van der Waals surface area contributed by atoms with Crippen LogP contribution in [0.4, 0.5) is 4.79 Å². The number of aliphatic hydroxyl groups excluding tert-OH is 1. The molecule has 4 rings (SSSR count). The number of methoxy groups -OCH3 is 1. The number of carbonyl (C=O) groups is 3. The van der Waals surface area contributed by atoms with Crippen molar-refractivity contribution in [3.05, 3.63) is 100 Å². The molecule has 1 aromatic carbocycles. The minimum absolute atomic E-state index is 0.0279. The number of alkyl carbamates (subject to hydrolysis) is 1. The quantitative estimate of drug-likeness (QED) is 0.143. The van der Waals surface area contributed by atoms with Gasteiger partial charge in [-0.1, -0.05) is 101 Å². The van der Waals surface area contributed by atoms with Crippen molar-refractivity contribution in [3.63, 3.8) is 0 Å². The van der Waals surface area contributed by atoms with Crippen LogP contribution in [0.15, 0.2) is 88.9 Å². The van der Waals surface area contributed by atoms with E-state index in [0.717, 1.165) is 31.4 Å². The highest BCUT2D eigenvalue weighted by molar-refractivity contribution is 8.12. The number of aliphatic imine (C=N–C) groups is 1. The molecule has 3 N–H and O–H groups in total. The molecule has 2 heterocycles. The second-order valence-electron chi connectivity index (χ2n) is 14.9. The highest BCUT2D eigenvalue weighted by Crippen LogP contribution is 2.23. The number of hydrogen-bond donors (Lipinski definition) is 3. The topological polar surface area (TPSA) is 136 Å². The molecule has 322 valence electrons. The first-order valence-electron chi connectivity index (χ1n) is 20.1. The zero-order chi connectivity index (χ0) is 43.5. The lowest BCUT2D eigenvalue weighted by Gasteiger charge is -2.32. The number of rotatable bonds is 16. The maximum Gasteiger partial charge on any atom is 0.407 e. The van der Waals surface area contributed by atoms with Gasteiger partial charge >= 0.3 is 6.09 Å². The van der Waals surface area contributed by atoms with Crippen molar-refractivity contribution in [2.24, 2.45) is 10.9 Å². The Morgan fingerprint density at radius 2 is 1.76 bits per heavy atom. The molecule has 0 bridgehead atoms. The molecular weight excluding hydrogens is 769 g/mol. The molecule has 0 radical (unpaired) electrons. The van der Waals surface area contributed by atoms with Gasteiger partial charge in [0.1, 0.15) is 6.04 Å². The van der Waals surface area contributed by atoms with Crippen LogP contribution in [-0.4, -0.2) is 102 Å². The van der Waals surface area contributed by atoms with Gasteiger partial charge in [0.2, 0.25) is 12.3 Å². The van der Waals surface area contributed by atoms with E-state index in [1.807, 2.05) is 75.1 Å². The van der Waals surface area contributed by atoms with Crippen molar-refractivity contribution in [3.8, 4) is 0 Å². The summed E-state index contributed by atoms with van der Waals surface area (Å²) < 4.78 is 4.53. The van der Waals surface area contributed by atoms with E-state index in [4.69, 9.17) is 0 Å². The Bertz CT molecular complexity index is 1610. The van der Waals surface area contributed by atoms with Gasteiger partial charge in [-0.3, -0.25) is 14.6 Å². The number of likely N-dealkylation sites (N-methyl/N-ethyl adjacent to an activating group) is 1. The highest BCUT2D eigenvalue weighted by Gasteiger charge is 2.28. The van der Waals surface area contributed by atoms with E-state index in [-0.39, 0.29) is 23.9 Å². The normalized spacial score (nSPS) is 16.7. The number of thiazole rings is 1. The molecule has 2 aromatic rings. The fourth-order valence-corrected chi connectivity index (χ4v) is 6.98. The molecule has 0 saturated carbocycles. The number of carbonyl (C=O) groups excluding carboxylic acids is 3. The minimum atomic E-state index is -0.629. The van der Waals surface area contributed by atoms with Gasteiger partial charge in [-0.2, -0.15) is 0 Å². The SMILES string of the molecule is CC1C=CN=CS1.CCC(C)c1nc(CN(C)C)cs1.CC[C@H](Cc1ccccc1)N(C)C(=O)C(NC=O)C(C)C.COC(=O)N[C@@H](CC1=CC=CCC=C1)[C@H](C)O. The molecule has 58 heavy (non-hydrogen) atoms. The standard InChI is InChI=1S/C17H26N2O2.C13H19NO3.C10H18N2S.C5H7NS/c1-5-15(11-14-9-7-6-8-10-14)19(4)17(21)16(13(2)3)18-12-20;1-10(15)12(14-13(16)17-2)9-11-7-5-3-4-6-8-11;1-5-8(2)10-11-9(7-13-10)6-12(3)4;1-5-2-3-6-4-7-5/h6-10,12-13,15-16H,5,11H2,1-4H3,(H,18,20);3,5-8,10,12,15H,4,9H2,1-2H3,(H,14,16);7-8H,5-6H2,1-4H3;2-5H,1H3/t15-,16?;10-,12-;;/m10../s1. The van der Waals surface area contributed by atoms with Crippen LogP contribution in [0.25, 0.3) is 0 Å². The Morgan fingerprint density at radius 3 is 2.28 bits per heavy atom. The van der Waals surface area contributed by atoms with Crippen molar-refractivity contribution in [1.82, 2.24) is 25.4 Å². The van der Waals surface area contributed by atoms with E-state index in [1.165, 1.54) is 29.8 Å². The molecule has 0 saturated heterocycles. The number of nitrogens with one attached hydrogen (secondary N) is 2. The molecule has 13 heteroatoms. The third-order valence-corrected chi connectivity index (χ3v) is 11.3. The van der Waals surface area contributed by atoms with Gasteiger partial charge in [0.15, 0.2) is 0 Å². The van der Waals surface area contributed by atoms with Crippen molar-refractivity contribution in [2.75, 3.05) is 28.3 Å². The maximum absolute atomic E-state index is 12.6. The highest BCUT2D eigenvalue weighted by atomic mass is 32.2. The molecule has 0 fully saturated rings. The largest absolute Gasteiger partial charge is 0.453 e. The van der Waals surface area contributed by atoms with Crippen LogP contribution >= 0.6 is 23.1 Å². The van der Waals surface area contributed by atoms with E-state index in [2.05, 4.69) is 102 Å². The van der Waals surface area contributed by atoms with Gasteiger partial charge in [-0.05, 0) is 77.1 Å². The van der Waals surface area contributed by atoms with Crippen LogP contribution in [0.5, 0.6) is 0 Å². The van der Waals surface area contributed by atoms with Crippen LogP contribution in [0.1, 0.15) is 96.3 Å². The average Bonchev–Trinajstić information content (AvgIpc) is 3.52.